The first-order valence-corrected chi connectivity index (χ1v) is 7.96. The molecule has 0 saturated heterocycles. The molecule has 96 valence electrons. The second kappa shape index (κ2) is 6.39. The molecule has 0 spiro atoms. The van der Waals surface area contributed by atoms with Crippen molar-refractivity contribution in [2.75, 3.05) is 11.9 Å². The summed E-state index contributed by atoms with van der Waals surface area (Å²) in [5.41, 5.74) is 0.912. The van der Waals surface area contributed by atoms with Gasteiger partial charge in [-0.15, -0.1) is 11.3 Å². The molecule has 0 aliphatic carbocycles. The van der Waals surface area contributed by atoms with Gasteiger partial charge in [-0.1, -0.05) is 11.6 Å². The van der Waals surface area contributed by atoms with Gasteiger partial charge in [-0.25, -0.2) is 0 Å². The first kappa shape index (κ1) is 14.3. The molecule has 1 heterocycles. The zero-order valence-electron chi connectivity index (χ0n) is 9.16. The van der Waals surface area contributed by atoms with Crippen molar-refractivity contribution >= 4 is 60.5 Å². The van der Waals surface area contributed by atoms with Crippen molar-refractivity contribution in [1.82, 2.24) is 0 Å². The van der Waals surface area contributed by atoms with Gasteiger partial charge in [0.05, 0.1) is 21.5 Å². The maximum Gasteiger partial charge on any atom is 0.0838 e. The Balaban J connectivity index is 2.17. The van der Waals surface area contributed by atoms with Crippen molar-refractivity contribution in [3.05, 3.63) is 48.5 Å². The van der Waals surface area contributed by atoms with Crippen LogP contribution in [-0.2, 0) is 0 Å². The van der Waals surface area contributed by atoms with Crippen LogP contribution in [0.4, 0.5) is 5.69 Å². The second-order valence-corrected chi connectivity index (χ2v) is 7.41. The number of halogens is 3. The van der Waals surface area contributed by atoms with E-state index in [1.165, 1.54) is 0 Å². The molecule has 0 amide bonds. The topological polar surface area (TPSA) is 32.3 Å². The number of hydrogen-bond donors (Lipinski definition) is 2. The molecule has 0 aliphatic heterocycles. The van der Waals surface area contributed by atoms with Crippen LogP contribution in [0.1, 0.15) is 10.9 Å². The maximum absolute atomic E-state index is 9.47. The van der Waals surface area contributed by atoms with E-state index in [1.807, 2.05) is 30.3 Å². The summed E-state index contributed by atoms with van der Waals surface area (Å²) in [6, 6.07) is 9.45. The van der Waals surface area contributed by atoms with Crippen LogP contribution < -0.4 is 5.32 Å². The third kappa shape index (κ3) is 3.48. The molecule has 0 radical (unpaired) electrons. The highest BCUT2D eigenvalue weighted by Gasteiger charge is 2.13. The van der Waals surface area contributed by atoms with Gasteiger partial charge in [-0.3, -0.25) is 0 Å². The Hall–Kier alpha value is -0.0700. The molecule has 2 rings (SSSR count). The lowest BCUT2D eigenvalue weighted by Crippen LogP contribution is -2.13. The van der Waals surface area contributed by atoms with Gasteiger partial charge in [0.1, 0.15) is 0 Å². The summed E-state index contributed by atoms with van der Waals surface area (Å²) in [5.74, 6) is 0. The number of nitrogens with one attached hydrogen (secondary N) is 1. The van der Waals surface area contributed by atoms with Crippen LogP contribution in [0.3, 0.4) is 0 Å². The Kier molecular flexibility index (Phi) is 5.09. The Bertz CT molecular complexity index is 547. The average molecular weight is 412 g/mol. The SMILES string of the molecule is OCC(Nc1ccc(Cl)c(Br)c1)c1ccc(Br)s1. The maximum atomic E-state index is 9.47. The van der Waals surface area contributed by atoms with E-state index in [1.54, 1.807) is 11.3 Å². The van der Waals surface area contributed by atoms with Gasteiger partial charge in [-0.05, 0) is 62.2 Å². The normalized spacial score (nSPS) is 12.4. The molecule has 0 saturated carbocycles. The highest BCUT2D eigenvalue weighted by atomic mass is 79.9. The van der Waals surface area contributed by atoms with Crippen molar-refractivity contribution < 1.29 is 5.11 Å². The fraction of sp³-hybridized carbons (Fsp3) is 0.167. The summed E-state index contributed by atoms with van der Waals surface area (Å²) in [7, 11) is 0. The largest absolute Gasteiger partial charge is 0.394 e. The van der Waals surface area contributed by atoms with E-state index < -0.39 is 0 Å². The molecule has 2 nitrogen and oxygen atoms in total. The second-order valence-electron chi connectivity index (χ2n) is 3.65. The molecule has 6 heteroatoms. The number of anilines is 1. The number of aliphatic hydroxyl groups excluding tert-OH is 1. The Morgan fingerprint density at radius 2 is 2.06 bits per heavy atom. The predicted molar refractivity (Wildman–Crippen MR) is 84.6 cm³/mol. The third-order valence-electron chi connectivity index (χ3n) is 2.38. The molecule has 1 atom stereocenters. The lowest BCUT2D eigenvalue weighted by atomic mass is 10.2. The molecule has 1 unspecified atom stereocenters. The Morgan fingerprint density at radius 1 is 1.28 bits per heavy atom. The molecule has 0 aliphatic rings. The number of hydrogen-bond acceptors (Lipinski definition) is 3. The van der Waals surface area contributed by atoms with Gasteiger partial charge >= 0.3 is 0 Å². The summed E-state index contributed by atoms with van der Waals surface area (Å²) in [6.07, 6.45) is 0. The van der Waals surface area contributed by atoms with Crippen molar-refractivity contribution in [2.45, 2.75) is 6.04 Å². The predicted octanol–water partition coefficient (Wildman–Crippen LogP) is 5.07. The molecule has 1 aromatic heterocycles. The van der Waals surface area contributed by atoms with Crippen molar-refractivity contribution in [2.24, 2.45) is 0 Å². The number of aliphatic hydroxyl groups is 1. The standard InChI is InChI=1S/C12H10Br2ClNOS/c13-8-5-7(1-2-9(8)15)16-10(6-17)11-3-4-12(14)18-11/h1-5,10,16-17H,6H2. The van der Waals surface area contributed by atoms with Crippen LogP contribution in [0.2, 0.25) is 5.02 Å². The van der Waals surface area contributed by atoms with Gasteiger partial charge < -0.3 is 10.4 Å². The number of thiophene rings is 1. The van der Waals surface area contributed by atoms with E-state index in [0.717, 1.165) is 18.8 Å². The molecule has 2 aromatic rings. The fourth-order valence-corrected chi connectivity index (χ4v) is 3.47. The minimum atomic E-state index is -0.116. The van der Waals surface area contributed by atoms with Crippen LogP contribution in [0.5, 0.6) is 0 Å². The smallest absolute Gasteiger partial charge is 0.0838 e. The van der Waals surface area contributed by atoms with E-state index in [9.17, 15) is 5.11 Å². The summed E-state index contributed by atoms with van der Waals surface area (Å²) in [6.45, 7) is 0.0349. The molecule has 2 N–H and O–H groups in total. The summed E-state index contributed by atoms with van der Waals surface area (Å²) in [5, 5.41) is 13.4. The molecular formula is C12H10Br2ClNOS. The molecule has 1 aromatic carbocycles. The minimum absolute atomic E-state index is 0.0349. The van der Waals surface area contributed by atoms with Gasteiger partial charge in [0.15, 0.2) is 0 Å². The Labute approximate surface area is 131 Å². The van der Waals surface area contributed by atoms with Gasteiger partial charge in [-0.2, -0.15) is 0 Å². The number of rotatable bonds is 4. The minimum Gasteiger partial charge on any atom is -0.394 e. The van der Waals surface area contributed by atoms with Crippen LogP contribution in [0.25, 0.3) is 0 Å². The monoisotopic (exact) mass is 409 g/mol. The van der Waals surface area contributed by atoms with Gasteiger partial charge in [0.2, 0.25) is 0 Å². The van der Waals surface area contributed by atoms with E-state index in [2.05, 4.69) is 37.2 Å². The number of benzene rings is 1. The lowest BCUT2D eigenvalue weighted by Gasteiger charge is -2.16. The van der Waals surface area contributed by atoms with Gasteiger partial charge in [0.25, 0.3) is 0 Å². The molecule has 0 fully saturated rings. The van der Waals surface area contributed by atoms with E-state index in [0.29, 0.717) is 5.02 Å². The fourth-order valence-electron chi connectivity index (χ4n) is 1.51. The van der Waals surface area contributed by atoms with E-state index >= 15 is 0 Å². The molecular weight excluding hydrogens is 401 g/mol. The summed E-state index contributed by atoms with van der Waals surface area (Å²) < 4.78 is 1.88. The zero-order chi connectivity index (χ0) is 13.1. The van der Waals surface area contributed by atoms with Crippen molar-refractivity contribution in [3.63, 3.8) is 0 Å². The van der Waals surface area contributed by atoms with Crippen molar-refractivity contribution in [1.29, 1.82) is 0 Å². The first-order valence-electron chi connectivity index (χ1n) is 5.18. The first-order chi connectivity index (χ1) is 8.60. The van der Waals surface area contributed by atoms with Crippen LogP contribution in [0.15, 0.2) is 38.6 Å². The van der Waals surface area contributed by atoms with Crippen LogP contribution in [-0.4, -0.2) is 11.7 Å². The average Bonchev–Trinajstić information content (AvgIpc) is 2.77. The highest BCUT2D eigenvalue weighted by molar-refractivity contribution is 9.11. The van der Waals surface area contributed by atoms with Crippen LogP contribution >= 0.6 is 54.8 Å². The van der Waals surface area contributed by atoms with Crippen LogP contribution in [0, 0.1) is 0 Å². The third-order valence-corrected chi connectivity index (χ3v) is 5.33. The molecule has 18 heavy (non-hydrogen) atoms. The van der Waals surface area contributed by atoms with E-state index in [-0.39, 0.29) is 12.6 Å². The van der Waals surface area contributed by atoms with Gasteiger partial charge in [0, 0.05) is 15.0 Å². The highest BCUT2D eigenvalue weighted by Crippen LogP contribution is 2.31. The summed E-state index contributed by atoms with van der Waals surface area (Å²) in [4.78, 5) is 1.08. The molecule has 0 bridgehead atoms. The van der Waals surface area contributed by atoms with E-state index in [4.69, 9.17) is 11.6 Å². The quantitative estimate of drug-likeness (QED) is 0.736. The lowest BCUT2D eigenvalue weighted by molar-refractivity contribution is 0.278. The Morgan fingerprint density at radius 3 is 2.61 bits per heavy atom. The summed E-state index contributed by atoms with van der Waals surface area (Å²) >= 11 is 14.3. The zero-order valence-corrected chi connectivity index (χ0v) is 13.9. The van der Waals surface area contributed by atoms with Crippen molar-refractivity contribution in [3.8, 4) is 0 Å².